The Hall–Kier alpha value is -1.22. The number of carbonyl (C=O) groups excluding carboxylic acids is 1. The number of para-hydroxylation sites is 1. The van der Waals surface area contributed by atoms with E-state index < -0.39 is 6.10 Å². The van der Waals surface area contributed by atoms with E-state index in [0.717, 1.165) is 0 Å². The minimum Gasteiger partial charge on any atom is -0.479 e. The van der Waals surface area contributed by atoms with Gasteiger partial charge in [-0.3, -0.25) is 4.79 Å². The van der Waals surface area contributed by atoms with Crippen molar-refractivity contribution in [3.8, 4) is 5.75 Å². The smallest absolute Gasteiger partial charge is 0.263 e. The second-order valence-electron chi connectivity index (χ2n) is 3.68. The average molecular weight is 242 g/mol. The third-order valence-electron chi connectivity index (χ3n) is 2.19. The molecule has 1 amide bonds. The summed E-state index contributed by atoms with van der Waals surface area (Å²) in [5, 5.41) is 0.521. The summed E-state index contributed by atoms with van der Waals surface area (Å²) in [4.78, 5) is 13.3. The van der Waals surface area contributed by atoms with Gasteiger partial charge in [-0.1, -0.05) is 30.7 Å². The van der Waals surface area contributed by atoms with Gasteiger partial charge in [0, 0.05) is 14.1 Å². The molecule has 0 spiro atoms. The average Bonchev–Trinajstić information content (AvgIpc) is 2.27. The number of hydrogen-bond donors (Lipinski definition) is 0. The number of benzene rings is 1. The first kappa shape index (κ1) is 12.8. The summed E-state index contributed by atoms with van der Waals surface area (Å²) in [6.45, 7) is 1.91. The largest absolute Gasteiger partial charge is 0.479 e. The van der Waals surface area contributed by atoms with E-state index in [0.29, 0.717) is 17.2 Å². The topological polar surface area (TPSA) is 29.5 Å². The van der Waals surface area contributed by atoms with Gasteiger partial charge in [0.15, 0.2) is 6.10 Å². The van der Waals surface area contributed by atoms with Gasteiger partial charge in [0.05, 0.1) is 5.02 Å². The Morgan fingerprint density at radius 3 is 2.56 bits per heavy atom. The van der Waals surface area contributed by atoms with Crippen LogP contribution in [0.5, 0.6) is 5.75 Å². The number of ether oxygens (including phenoxy) is 1. The Bertz CT molecular complexity index is 366. The van der Waals surface area contributed by atoms with Gasteiger partial charge in [0.1, 0.15) is 5.75 Å². The third-order valence-corrected chi connectivity index (χ3v) is 2.51. The van der Waals surface area contributed by atoms with Crippen LogP contribution in [0.25, 0.3) is 0 Å². The Balaban J connectivity index is 2.78. The van der Waals surface area contributed by atoms with Crippen LogP contribution in [0.2, 0.25) is 5.02 Å². The van der Waals surface area contributed by atoms with Crippen LogP contribution in [0, 0.1) is 0 Å². The fourth-order valence-corrected chi connectivity index (χ4v) is 1.47. The molecule has 0 aliphatic heterocycles. The van der Waals surface area contributed by atoms with Gasteiger partial charge < -0.3 is 9.64 Å². The molecular weight excluding hydrogens is 226 g/mol. The highest BCUT2D eigenvalue weighted by molar-refractivity contribution is 6.32. The van der Waals surface area contributed by atoms with E-state index in [2.05, 4.69) is 0 Å². The van der Waals surface area contributed by atoms with Crippen LogP contribution in [-0.4, -0.2) is 31.0 Å². The monoisotopic (exact) mass is 241 g/mol. The highest BCUT2D eigenvalue weighted by Gasteiger charge is 2.20. The summed E-state index contributed by atoms with van der Waals surface area (Å²) in [5.41, 5.74) is 0. The quantitative estimate of drug-likeness (QED) is 0.811. The van der Waals surface area contributed by atoms with Crippen molar-refractivity contribution in [2.24, 2.45) is 0 Å². The van der Waals surface area contributed by atoms with Crippen molar-refractivity contribution in [1.29, 1.82) is 0 Å². The molecule has 0 aromatic heterocycles. The molecule has 0 fully saturated rings. The molecule has 16 heavy (non-hydrogen) atoms. The molecule has 0 unspecified atom stereocenters. The highest BCUT2D eigenvalue weighted by atomic mass is 35.5. The minimum absolute atomic E-state index is 0.0533. The zero-order valence-electron chi connectivity index (χ0n) is 9.74. The standard InChI is InChI=1S/C12H16ClNO2/c1-4-10(12(15)14(2)3)16-11-8-6-5-7-9(11)13/h5-8,10H,4H2,1-3H3/t10-/m0/s1. The molecule has 3 nitrogen and oxygen atoms in total. The number of halogens is 1. The van der Waals surface area contributed by atoms with Gasteiger partial charge in [-0.05, 0) is 18.6 Å². The molecule has 88 valence electrons. The number of rotatable bonds is 4. The molecule has 0 N–H and O–H groups in total. The zero-order valence-corrected chi connectivity index (χ0v) is 10.5. The summed E-state index contributed by atoms with van der Waals surface area (Å²) in [5.74, 6) is 0.494. The molecule has 4 heteroatoms. The minimum atomic E-state index is -0.477. The van der Waals surface area contributed by atoms with Crippen molar-refractivity contribution < 1.29 is 9.53 Å². The molecule has 1 aromatic carbocycles. The number of amides is 1. The summed E-state index contributed by atoms with van der Waals surface area (Å²) < 4.78 is 5.59. The van der Waals surface area contributed by atoms with Crippen molar-refractivity contribution >= 4 is 17.5 Å². The molecule has 1 atom stereocenters. The van der Waals surface area contributed by atoms with E-state index in [1.807, 2.05) is 19.1 Å². The van der Waals surface area contributed by atoms with Crippen molar-refractivity contribution in [3.63, 3.8) is 0 Å². The van der Waals surface area contributed by atoms with Crippen LogP contribution in [0.3, 0.4) is 0 Å². The van der Waals surface area contributed by atoms with E-state index in [4.69, 9.17) is 16.3 Å². The van der Waals surface area contributed by atoms with Crippen LogP contribution in [0.15, 0.2) is 24.3 Å². The van der Waals surface area contributed by atoms with E-state index in [1.54, 1.807) is 26.2 Å². The van der Waals surface area contributed by atoms with Gasteiger partial charge in [0.25, 0.3) is 5.91 Å². The van der Waals surface area contributed by atoms with Gasteiger partial charge in [-0.15, -0.1) is 0 Å². The summed E-state index contributed by atoms with van der Waals surface area (Å²) in [7, 11) is 3.42. The molecule has 0 saturated carbocycles. The number of nitrogens with zero attached hydrogens (tertiary/aromatic N) is 1. The van der Waals surface area contributed by atoms with Crippen molar-refractivity contribution in [2.75, 3.05) is 14.1 Å². The molecule has 0 aliphatic carbocycles. The lowest BCUT2D eigenvalue weighted by Gasteiger charge is -2.21. The Kier molecular flexibility index (Phi) is 4.62. The number of likely N-dealkylation sites (N-methyl/N-ethyl adjacent to an activating group) is 1. The molecule has 0 heterocycles. The predicted octanol–water partition coefficient (Wildman–Crippen LogP) is 2.59. The van der Waals surface area contributed by atoms with Crippen LogP contribution in [-0.2, 0) is 4.79 Å². The summed E-state index contributed by atoms with van der Waals surface area (Å²) >= 11 is 5.96. The number of carbonyl (C=O) groups is 1. The first-order valence-electron chi connectivity index (χ1n) is 5.18. The molecule has 1 aromatic rings. The van der Waals surface area contributed by atoms with Gasteiger partial charge in [0.2, 0.25) is 0 Å². The SMILES string of the molecule is CC[C@H](Oc1ccccc1Cl)C(=O)N(C)C. The highest BCUT2D eigenvalue weighted by Crippen LogP contribution is 2.25. The summed E-state index contributed by atoms with van der Waals surface area (Å²) in [6.07, 6.45) is 0.136. The van der Waals surface area contributed by atoms with Crippen LogP contribution in [0.4, 0.5) is 0 Å². The maximum absolute atomic E-state index is 11.7. The van der Waals surface area contributed by atoms with Crippen LogP contribution >= 0.6 is 11.6 Å². The van der Waals surface area contributed by atoms with Crippen LogP contribution in [0.1, 0.15) is 13.3 Å². The van der Waals surface area contributed by atoms with Crippen molar-refractivity contribution in [1.82, 2.24) is 4.90 Å². The molecule has 0 aliphatic rings. The van der Waals surface area contributed by atoms with Gasteiger partial charge >= 0.3 is 0 Å². The molecule has 0 bridgehead atoms. The lowest BCUT2D eigenvalue weighted by Crippen LogP contribution is -2.37. The Morgan fingerprint density at radius 2 is 2.06 bits per heavy atom. The molecule has 0 radical (unpaired) electrons. The van der Waals surface area contributed by atoms with Crippen molar-refractivity contribution in [3.05, 3.63) is 29.3 Å². The summed E-state index contributed by atoms with van der Waals surface area (Å²) in [6, 6.07) is 7.15. The second-order valence-corrected chi connectivity index (χ2v) is 4.09. The maximum Gasteiger partial charge on any atom is 0.263 e. The van der Waals surface area contributed by atoms with E-state index in [9.17, 15) is 4.79 Å². The van der Waals surface area contributed by atoms with E-state index in [-0.39, 0.29) is 5.91 Å². The van der Waals surface area contributed by atoms with Crippen LogP contribution < -0.4 is 4.74 Å². The lowest BCUT2D eigenvalue weighted by atomic mass is 10.2. The van der Waals surface area contributed by atoms with E-state index >= 15 is 0 Å². The zero-order chi connectivity index (χ0) is 12.1. The Morgan fingerprint density at radius 1 is 1.44 bits per heavy atom. The van der Waals surface area contributed by atoms with Gasteiger partial charge in [-0.2, -0.15) is 0 Å². The normalized spacial score (nSPS) is 12.0. The van der Waals surface area contributed by atoms with Crippen molar-refractivity contribution in [2.45, 2.75) is 19.4 Å². The fourth-order valence-electron chi connectivity index (χ4n) is 1.29. The lowest BCUT2D eigenvalue weighted by molar-refractivity contribution is -0.136. The molecular formula is C12H16ClNO2. The second kappa shape index (κ2) is 5.75. The van der Waals surface area contributed by atoms with E-state index in [1.165, 1.54) is 4.90 Å². The third kappa shape index (κ3) is 3.14. The maximum atomic E-state index is 11.7. The molecule has 1 rings (SSSR count). The predicted molar refractivity (Wildman–Crippen MR) is 64.9 cm³/mol. The Labute approximate surface area is 101 Å². The number of hydrogen-bond acceptors (Lipinski definition) is 2. The fraction of sp³-hybridized carbons (Fsp3) is 0.417. The van der Waals surface area contributed by atoms with Gasteiger partial charge in [-0.25, -0.2) is 0 Å². The first-order chi connectivity index (χ1) is 7.56. The first-order valence-corrected chi connectivity index (χ1v) is 5.56. The molecule has 0 saturated heterocycles.